The van der Waals surface area contributed by atoms with Gasteiger partial charge in [-0.3, -0.25) is 0 Å². The molecular formula is C16H26N2O. The van der Waals surface area contributed by atoms with Crippen molar-refractivity contribution in [2.45, 2.75) is 26.3 Å². The van der Waals surface area contributed by atoms with Crippen molar-refractivity contribution in [2.75, 3.05) is 38.3 Å². The second-order valence-electron chi connectivity index (χ2n) is 5.51. The fraction of sp³-hybridized carbons (Fsp3) is 0.625. The van der Waals surface area contributed by atoms with Crippen molar-refractivity contribution < 1.29 is 4.74 Å². The third-order valence-electron chi connectivity index (χ3n) is 3.89. The normalized spacial score (nSPS) is 23.3. The molecule has 1 aromatic rings. The molecule has 0 aliphatic carbocycles. The fourth-order valence-electron chi connectivity index (χ4n) is 2.83. The molecule has 1 aliphatic heterocycles. The smallest absolute Gasteiger partial charge is 0.0526 e. The van der Waals surface area contributed by atoms with Crippen LogP contribution in [0.5, 0.6) is 0 Å². The summed E-state index contributed by atoms with van der Waals surface area (Å²) >= 11 is 0. The highest BCUT2D eigenvalue weighted by Crippen LogP contribution is 2.20. The average Bonchev–Trinajstić information content (AvgIpc) is 2.41. The lowest BCUT2D eigenvalue weighted by Gasteiger charge is -2.35. The summed E-state index contributed by atoms with van der Waals surface area (Å²) in [5.74, 6) is 0.569. The first-order valence-electron chi connectivity index (χ1n) is 7.29. The molecule has 1 aliphatic rings. The number of hydrogen-bond donors (Lipinski definition) is 1. The largest absolute Gasteiger partial charge is 0.381 e. The predicted molar refractivity (Wildman–Crippen MR) is 80.8 cm³/mol. The maximum Gasteiger partial charge on any atom is 0.0526 e. The van der Waals surface area contributed by atoms with Crippen LogP contribution < -0.4 is 10.2 Å². The molecule has 1 heterocycles. The fourth-order valence-corrected chi connectivity index (χ4v) is 2.83. The topological polar surface area (TPSA) is 24.5 Å². The molecule has 0 aromatic heterocycles. The van der Waals surface area contributed by atoms with Crippen LogP contribution in [0.25, 0.3) is 0 Å². The Kier molecular flexibility index (Phi) is 5.23. The molecule has 106 valence electrons. The van der Waals surface area contributed by atoms with E-state index in [9.17, 15) is 0 Å². The van der Waals surface area contributed by atoms with Gasteiger partial charge in [-0.05, 0) is 37.6 Å². The summed E-state index contributed by atoms with van der Waals surface area (Å²) < 4.78 is 5.65. The van der Waals surface area contributed by atoms with E-state index in [1.807, 2.05) is 0 Å². The zero-order chi connectivity index (χ0) is 13.7. The monoisotopic (exact) mass is 262 g/mol. The Morgan fingerprint density at radius 1 is 1.42 bits per heavy atom. The maximum atomic E-state index is 5.65. The third kappa shape index (κ3) is 3.95. The van der Waals surface area contributed by atoms with Crippen LogP contribution in [0.2, 0.25) is 0 Å². The molecule has 3 heteroatoms. The average molecular weight is 262 g/mol. The Morgan fingerprint density at radius 3 is 3.00 bits per heavy atom. The Balaban J connectivity index is 1.98. The number of aryl methyl sites for hydroxylation is 1. The lowest BCUT2D eigenvalue weighted by Crippen LogP contribution is -2.47. The molecule has 1 fully saturated rings. The molecule has 2 unspecified atom stereocenters. The zero-order valence-corrected chi connectivity index (χ0v) is 12.4. The van der Waals surface area contributed by atoms with Crippen molar-refractivity contribution in [3.05, 3.63) is 29.8 Å². The van der Waals surface area contributed by atoms with Crippen LogP contribution >= 0.6 is 0 Å². The number of rotatable bonds is 5. The minimum absolute atomic E-state index is 0.569. The van der Waals surface area contributed by atoms with Crippen LogP contribution in [0.3, 0.4) is 0 Å². The van der Waals surface area contributed by atoms with Gasteiger partial charge in [0.1, 0.15) is 0 Å². The van der Waals surface area contributed by atoms with E-state index in [-0.39, 0.29) is 0 Å². The molecule has 2 atom stereocenters. The Morgan fingerprint density at radius 2 is 2.26 bits per heavy atom. The van der Waals surface area contributed by atoms with Crippen LogP contribution in [-0.4, -0.2) is 39.4 Å². The molecule has 0 spiro atoms. The predicted octanol–water partition coefficient (Wildman–Crippen LogP) is 2.45. The number of ether oxygens (including phenoxy) is 1. The summed E-state index contributed by atoms with van der Waals surface area (Å²) in [6, 6.07) is 9.28. The number of anilines is 1. The summed E-state index contributed by atoms with van der Waals surface area (Å²) in [7, 11) is 2.17. The molecule has 0 bridgehead atoms. The Bertz CT molecular complexity index is 392. The lowest BCUT2D eigenvalue weighted by atomic mass is 9.95. The van der Waals surface area contributed by atoms with Gasteiger partial charge in [0.05, 0.1) is 6.61 Å². The third-order valence-corrected chi connectivity index (χ3v) is 3.89. The number of benzene rings is 1. The molecule has 2 rings (SSSR count). The Hall–Kier alpha value is -1.06. The molecular weight excluding hydrogens is 236 g/mol. The number of nitrogens with one attached hydrogen (secondary N) is 1. The minimum Gasteiger partial charge on any atom is -0.381 e. The maximum absolute atomic E-state index is 5.65. The van der Waals surface area contributed by atoms with Crippen molar-refractivity contribution in [3.8, 4) is 0 Å². The summed E-state index contributed by atoms with van der Waals surface area (Å²) in [6.07, 6.45) is 1.13. The van der Waals surface area contributed by atoms with Crippen molar-refractivity contribution in [1.82, 2.24) is 5.32 Å². The SMILES string of the molecule is CCNC1CCOCC1CN(C)c1cccc(C)c1. The van der Waals surface area contributed by atoms with Crippen molar-refractivity contribution in [3.63, 3.8) is 0 Å². The van der Waals surface area contributed by atoms with E-state index >= 15 is 0 Å². The summed E-state index contributed by atoms with van der Waals surface area (Å²) in [5, 5.41) is 3.60. The van der Waals surface area contributed by atoms with Gasteiger partial charge in [0, 0.05) is 37.8 Å². The van der Waals surface area contributed by atoms with Crippen molar-refractivity contribution >= 4 is 5.69 Å². The number of hydrogen-bond acceptors (Lipinski definition) is 3. The molecule has 19 heavy (non-hydrogen) atoms. The molecule has 0 saturated carbocycles. The van der Waals surface area contributed by atoms with Gasteiger partial charge in [-0.15, -0.1) is 0 Å². The van der Waals surface area contributed by atoms with Crippen LogP contribution in [-0.2, 0) is 4.74 Å². The summed E-state index contributed by atoms with van der Waals surface area (Å²) in [5.41, 5.74) is 2.60. The highest BCUT2D eigenvalue weighted by molar-refractivity contribution is 5.47. The molecule has 1 N–H and O–H groups in total. The second kappa shape index (κ2) is 6.92. The van der Waals surface area contributed by atoms with E-state index in [0.29, 0.717) is 12.0 Å². The van der Waals surface area contributed by atoms with Gasteiger partial charge in [-0.25, -0.2) is 0 Å². The van der Waals surface area contributed by atoms with Gasteiger partial charge >= 0.3 is 0 Å². The van der Waals surface area contributed by atoms with E-state index in [2.05, 4.69) is 55.4 Å². The van der Waals surface area contributed by atoms with Gasteiger partial charge in [0.15, 0.2) is 0 Å². The van der Waals surface area contributed by atoms with E-state index < -0.39 is 0 Å². The molecule has 0 radical (unpaired) electrons. The highest BCUT2D eigenvalue weighted by Gasteiger charge is 2.26. The van der Waals surface area contributed by atoms with Gasteiger partial charge in [0.25, 0.3) is 0 Å². The van der Waals surface area contributed by atoms with Crippen LogP contribution in [0, 0.1) is 12.8 Å². The highest BCUT2D eigenvalue weighted by atomic mass is 16.5. The first-order valence-corrected chi connectivity index (χ1v) is 7.29. The van der Waals surface area contributed by atoms with Gasteiger partial charge < -0.3 is 15.0 Å². The van der Waals surface area contributed by atoms with E-state index in [1.165, 1.54) is 11.3 Å². The second-order valence-corrected chi connectivity index (χ2v) is 5.51. The zero-order valence-electron chi connectivity index (χ0n) is 12.4. The first-order chi connectivity index (χ1) is 9.20. The van der Waals surface area contributed by atoms with Crippen LogP contribution in [0.1, 0.15) is 18.9 Å². The number of nitrogens with zero attached hydrogens (tertiary/aromatic N) is 1. The Labute approximate surface area is 116 Å². The quantitative estimate of drug-likeness (QED) is 0.882. The van der Waals surface area contributed by atoms with Crippen molar-refractivity contribution in [2.24, 2.45) is 5.92 Å². The minimum atomic E-state index is 0.569. The van der Waals surface area contributed by atoms with Crippen molar-refractivity contribution in [1.29, 1.82) is 0 Å². The standard InChI is InChI=1S/C16H26N2O/c1-4-17-16-8-9-19-12-14(16)11-18(3)15-7-5-6-13(2)10-15/h5-7,10,14,16-17H,4,8-9,11-12H2,1-3H3. The molecule has 1 saturated heterocycles. The van der Waals surface area contributed by atoms with E-state index in [1.54, 1.807) is 0 Å². The molecule has 0 amide bonds. The van der Waals surface area contributed by atoms with Gasteiger partial charge in [0.2, 0.25) is 0 Å². The van der Waals surface area contributed by atoms with Crippen LogP contribution in [0.4, 0.5) is 5.69 Å². The first kappa shape index (κ1) is 14.4. The molecule has 1 aromatic carbocycles. The summed E-state index contributed by atoms with van der Waals surface area (Å²) in [6.45, 7) is 8.16. The lowest BCUT2D eigenvalue weighted by molar-refractivity contribution is 0.0355. The van der Waals surface area contributed by atoms with Gasteiger partial charge in [-0.1, -0.05) is 19.1 Å². The van der Waals surface area contributed by atoms with E-state index in [4.69, 9.17) is 4.74 Å². The summed E-state index contributed by atoms with van der Waals surface area (Å²) in [4.78, 5) is 2.34. The van der Waals surface area contributed by atoms with Gasteiger partial charge in [-0.2, -0.15) is 0 Å². The molecule has 3 nitrogen and oxygen atoms in total. The van der Waals surface area contributed by atoms with Crippen LogP contribution in [0.15, 0.2) is 24.3 Å². The van der Waals surface area contributed by atoms with E-state index in [0.717, 1.165) is 32.7 Å².